The quantitative estimate of drug-likeness (QED) is 0.138. The molecule has 0 unspecified atom stereocenters. The number of fused-ring (bicyclic) bond motifs is 1. The summed E-state index contributed by atoms with van der Waals surface area (Å²) in [5, 5.41) is 69.7. The molecule has 0 bridgehead atoms. The van der Waals surface area contributed by atoms with Crippen molar-refractivity contribution in [1.29, 1.82) is 0 Å². The average Bonchev–Trinajstić information content (AvgIpc) is 2.82. The molecule has 1 aliphatic heterocycles. The van der Waals surface area contributed by atoms with Crippen LogP contribution in [-0.4, -0.2) is 79.0 Å². The largest absolute Gasteiger partial charge is 0.504 e. The zero-order valence-corrected chi connectivity index (χ0v) is 17.6. The smallest absolute Gasteiger partial charge is 0.338 e. The highest BCUT2D eigenvalue weighted by molar-refractivity contribution is 5.91. The predicted octanol–water partition coefficient (Wildman–Crippen LogP) is -0.341. The number of hydrogen-bond donors (Lipinski definition) is 7. The summed E-state index contributed by atoms with van der Waals surface area (Å²) in [4.78, 5) is 23.6. The van der Waals surface area contributed by atoms with Crippen LogP contribution in [0.15, 0.2) is 45.6 Å². The summed E-state index contributed by atoms with van der Waals surface area (Å²) >= 11 is 0. The molecular formula is C22H20O13. The standard InChI is InChI=1S/C22H20O13/c23-10-6-13-8(1-2-16(26)33-13)5-14(10)34-22-20(30)19(29)18(28)15(35-22)7-32-21(31)9-3-11(24)17(27)12(25)4-9/h1-6,15,18-20,22-25,27-30H,7H2/t15-,18-,19+,20-,22-/m1/s1. The number of esters is 1. The lowest BCUT2D eigenvalue weighted by molar-refractivity contribution is -0.277. The normalized spacial score (nSPS) is 24.3. The first-order valence-electron chi connectivity index (χ1n) is 10.1. The van der Waals surface area contributed by atoms with Gasteiger partial charge in [-0.25, -0.2) is 9.59 Å². The summed E-state index contributed by atoms with van der Waals surface area (Å²) in [5.41, 5.74) is -0.896. The van der Waals surface area contributed by atoms with Gasteiger partial charge in [0.05, 0.1) is 5.56 Å². The van der Waals surface area contributed by atoms with Crippen LogP contribution in [0.25, 0.3) is 11.0 Å². The van der Waals surface area contributed by atoms with Gasteiger partial charge in [0.15, 0.2) is 28.7 Å². The maximum atomic E-state index is 12.3. The van der Waals surface area contributed by atoms with Crippen molar-refractivity contribution < 1.29 is 59.2 Å². The van der Waals surface area contributed by atoms with Crippen molar-refractivity contribution >= 4 is 16.9 Å². The molecule has 0 spiro atoms. The number of benzene rings is 2. The summed E-state index contributed by atoms with van der Waals surface area (Å²) in [7, 11) is 0. The Morgan fingerprint density at radius 1 is 0.886 bits per heavy atom. The molecule has 5 atom stereocenters. The topological polar surface area (TPSA) is 217 Å². The maximum Gasteiger partial charge on any atom is 0.338 e. The van der Waals surface area contributed by atoms with Crippen molar-refractivity contribution in [3.05, 3.63) is 52.4 Å². The Bertz CT molecular complexity index is 1290. The number of aliphatic hydroxyl groups is 3. The Morgan fingerprint density at radius 2 is 1.57 bits per heavy atom. The molecule has 0 radical (unpaired) electrons. The molecule has 0 amide bonds. The molecule has 1 aromatic heterocycles. The highest BCUT2D eigenvalue weighted by Gasteiger charge is 2.45. The van der Waals surface area contributed by atoms with E-state index in [0.717, 1.165) is 24.3 Å². The number of phenolic OH excluding ortho intramolecular Hbond substituents is 4. The van der Waals surface area contributed by atoms with E-state index in [1.807, 2.05) is 0 Å². The summed E-state index contributed by atoms with van der Waals surface area (Å²) in [5.74, 6) is -4.12. The van der Waals surface area contributed by atoms with Gasteiger partial charge >= 0.3 is 11.6 Å². The first-order chi connectivity index (χ1) is 16.5. The van der Waals surface area contributed by atoms with Gasteiger partial charge in [-0.05, 0) is 24.3 Å². The van der Waals surface area contributed by atoms with Crippen LogP contribution in [0.3, 0.4) is 0 Å². The van der Waals surface area contributed by atoms with E-state index in [4.69, 9.17) is 18.6 Å². The minimum Gasteiger partial charge on any atom is -0.504 e. The van der Waals surface area contributed by atoms with Crippen LogP contribution in [0, 0.1) is 0 Å². The number of rotatable bonds is 5. The average molecular weight is 492 g/mol. The Balaban J connectivity index is 1.49. The van der Waals surface area contributed by atoms with Gasteiger partial charge in [-0.15, -0.1) is 0 Å². The number of hydrogen-bond acceptors (Lipinski definition) is 13. The number of phenols is 4. The molecule has 13 nitrogen and oxygen atoms in total. The SMILES string of the molecule is O=C(OC[C@H]1O[C@@H](Oc2cc3ccc(=O)oc3cc2O)[C@H](O)[C@@H](O)[C@@H]1O)c1cc(O)c(O)c(O)c1. The molecule has 186 valence electrons. The first kappa shape index (κ1) is 24.1. The minimum atomic E-state index is -1.79. The fourth-order valence-electron chi connectivity index (χ4n) is 3.42. The predicted molar refractivity (Wildman–Crippen MR) is 113 cm³/mol. The molecule has 0 aliphatic carbocycles. The number of aliphatic hydroxyl groups excluding tert-OH is 3. The third kappa shape index (κ3) is 4.79. The van der Waals surface area contributed by atoms with Gasteiger partial charge in [-0.2, -0.15) is 0 Å². The monoisotopic (exact) mass is 492 g/mol. The summed E-state index contributed by atoms with van der Waals surface area (Å²) < 4.78 is 20.9. The number of ether oxygens (including phenoxy) is 3. The molecule has 2 heterocycles. The second kappa shape index (κ2) is 9.31. The Kier molecular flexibility index (Phi) is 6.41. The zero-order chi connectivity index (χ0) is 25.4. The first-order valence-corrected chi connectivity index (χ1v) is 10.1. The third-order valence-electron chi connectivity index (χ3n) is 5.30. The van der Waals surface area contributed by atoms with Crippen LogP contribution >= 0.6 is 0 Å². The lowest BCUT2D eigenvalue weighted by Gasteiger charge is -2.39. The van der Waals surface area contributed by atoms with Gasteiger partial charge in [0.2, 0.25) is 6.29 Å². The van der Waals surface area contributed by atoms with Crippen molar-refractivity contribution in [2.75, 3.05) is 6.61 Å². The Morgan fingerprint density at radius 3 is 2.26 bits per heavy atom. The third-order valence-corrected chi connectivity index (χ3v) is 5.30. The summed E-state index contributed by atoms with van der Waals surface area (Å²) in [6.07, 6.45) is -8.30. The molecule has 2 aromatic carbocycles. The molecule has 13 heteroatoms. The highest BCUT2D eigenvalue weighted by atomic mass is 16.7. The number of carbonyl (C=O) groups excluding carboxylic acids is 1. The molecular weight excluding hydrogens is 472 g/mol. The van der Waals surface area contributed by atoms with Crippen LogP contribution < -0.4 is 10.4 Å². The lowest BCUT2D eigenvalue weighted by atomic mass is 9.99. The molecule has 1 saturated heterocycles. The second-order valence-electron chi connectivity index (χ2n) is 7.71. The lowest BCUT2D eigenvalue weighted by Crippen LogP contribution is -2.60. The van der Waals surface area contributed by atoms with Gasteiger partial charge < -0.3 is 54.4 Å². The summed E-state index contributed by atoms with van der Waals surface area (Å²) in [6.45, 7) is -0.652. The maximum absolute atomic E-state index is 12.3. The van der Waals surface area contributed by atoms with Crippen LogP contribution in [0.4, 0.5) is 0 Å². The van der Waals surface area contributed by atoms with E-state index in [1.165, 1.54) is 12.1 Å². The second-order valence-corrected chi connectivity index (χ2v) is 7.71. The van der Waals surface area contributed by atoms with Crippen molar-refractivity contribution in [2.45, 2.75) is 30.7 Å². The zero-order valence-electron chi connectivity index (χ0n) is 17.6. The van der Waals surface area contributed by atoms with Crippen LogP contribution in [0.1, 0.15) is 10.4 Å². The molecule has 7 N–H and O–H groups in total. The molecule has 35 heavy (non-hydrogen) atoms. The van der Waals surface area contributed by atoms with Crippen LogP contribution in [0.2, 0.25) is 0 Å². The van der Waals surface area contributed by atoms with E-state index in [-0.39, 0.29) is 16.9 Å². The number of aromatic hydroxyl groups is 4. The van der Waals surface area contributed by atoms with E-state index < -0.39 is 71.9 Å². The van der Waals surface area contributed by atoms with Gasteiger partial charge in [-0.1, -0.05) is 0 Å². The van der Waals surface area contributed by atoms with Crippen LogP contribution in [-0.2, 0) is 9.47 Å². The highest BCUT2D eigenvalue weighted by Crippen LogP contribution is 2.36. The van der Waals surface area contributed by atoms with Crippen LogP contribution in [0.5, 0.6) is 28.7 Å². The fraction of sp³-hybridized carbons (Fsp3) is 0.273. The van der Waals surface area contributed by atoms with E-state index >= 15 is 0 Å². The van der Waals surface area contributed by atoms with Crippen molar-refractivity contribution in [1.82, 2.24) is 0 Å². The van der Waals surface area contributed by atoms with E-state index in [0.29, 0.717) is 5.39 Å². The molecule has 1 fully saturated rings. The molecule has 4 rings (SSSR count). The van der Waals surface area contributed by atoms with E-state index in [9.17, 15) is 45.3 Å². The van der Waals surface area contributed by atoms with Crippen molar-refractivity contribution in [2.24, 2.45) is 0 Å². The Hall–Kier alpha value is -4.04. The minimum absolute atomic E-state index is 0.0685. The van der Waals surface area contributed by atoms with Gasteiger partial charge in [-0.3, -0.25) is 0 Å². The fourth-order valence-corrected chi connectivity index (χ4v) is 3.42. The van der Waals surface area contributed by atoms with Crippen molar-refractivity contribution in [3.63, 3.8) is 0 Å². The van der Waals surface area contributed by atoms with Gasteiger partial charge in [0.1, 0.15) is 36.6 Å². The molecule has 0 saturated carbocycles. The summed E-state index contributed by atoms with van der Waals surface area (Å²) in [6, 6.07) is 6.63. The molecule has 3 aromatic rings. The van der Waals surface area contributed by atoms with Crippen molar-refractivity contribution in [3.8, 4) is 28.7 Å². The van der Waals surface area contributed by atoms with Gasteiger partial charge in [0, 0.05) is 17.5 Å². The van der Waals surface area contributed by atoms with E-state index in [1.54, 1.807) is 0 Å². The number of carbonyl (C=O) groups is 1. The van der Waals surface area contributed by atoms with Gasteiger partial charge in [0.25, 0.3) is 0 Å². The molecule has 1 aliphatic rings. The van der Waals surface area contributed by atoms with E-state index in [2.05, 4.69) is 0 Å². The Labute approximate surface area is 195 Å².